The summed E-state index contributed by atoms with van der Waals surface area (Å²) in [5, 5.41) is 12.7. The number of aryl methyl sites for hydroxylation is 1. The largest absolute Gasteiger partial charge is 0.392 e. The lowest BCUT2D eigenvalue weighted by molar-refractivity contribution is -0.268. The Morgan fingerprint density at radius 1 is 0.787 bits per heavy atom. The van der Waals surface area contributed by atoms with E-state index in [2.05, 4.69) is 29.1 Å². The topological polar surface area (TPSA) is 127 Å². The number of hydrogen-bond acceptors (Lipinski definition) is 9. The summed E-state index contributed by atoms with van der Waals surface area (Å²) in [6.07, 6.45) is -0.867. The number of para-hydroxylation sites is 1. The number of aliphatic hydroxyl groups is 1. The van der Waals surface area contributed by atoms with Gasteiger partial charge >= 0.3 is 0 Å². The second-order valence-corrected chi connectivity index (χ2v) is 19.3. The Morgan fingerprint density at radius 2 is 1.49 bits per heavy atom. The number of carbonyl (C=O) groups is 1. The number of rotatable bonds is 15. The van der Waals surface area contributed by atoms with Crippen molar-refractivity contribution < 1.29 is 27.8 Å². The van der Waals surface area contributed by atoms with Crippen molar-refractivity contribution in [3.8, 4) is 11.1 Å². The number of thiazole rings is 1. The standard InChI is InChI=1S/C49H47N3O6S3/c1-32-18-24-41(25-19-32)61(55,56)52-43(27-34-10-4-3-5-11-34)47(54)50-29-36-12-8-13-38(26-36)39-14-9-15-40(28-39)48-57-44(31-59-49-51-42-16-6-7-17-45(42)60-49)33(2)46(58-48)37-22-20-35(30-53)21-23-37/h3-26,28,33,43-44,46,48,52-53H,27,29-31H2,1-2H3,(H,50,54)/t33-,43+,44+,46+,48+/m0/s1. The van der Waals surface area contributed by atoms with Crippen molar-refractivity contribution >= 4 is 49.2 Å². The van der Waals surface area contributed by atoms with E-state index in [0.29, 0.717) is 5.75 Å². The number of ether oxygens (including phenoxy) is 2. The van der Waals surface area contributed by atoms with Gasteiger partial charge in [0.25, 0.3) is 0 Å². The van der Waals surface area contributed by atoms with Gasteiger partial charge in [0.2, 0.25) is 15.9 Å². The predicted octanol–water partition coefficient (Wildman–Crippen LogP) is 9.55. The Hall–Kier alpha value is -5.18. The molecule has 312 valence electrons. The van der Waals surface area contributed by atoms with Gasteiger partial charge in [0.05, 0.1) is 33.9 Å². The van der Waals surface area contributed by atoms with E-state index < -0.39 is 28.3 Å². The van der Waals surface area contributed by atoms with Gasteiger partial charge in [0.15, 0.2) is 10.6 Å². The van der Waals surface area contributed by atoms with E-state index in [1.165, 1.54) is 0 Å². The van der Waals surface area contributed by atoms with E-state index in [1.54, 1.807) is 47.4 Å². The number of hydrogen-bond donors (Lipinski definition) is 3. The third kappa shape index (κ3) is 10.5. The fourth-order valence-corrected chi connectivity index (χ4v) is 10.9. The fraction of sp³-hybridized carbons (Fsp3) is 0.224. The van der Waals surface area contributed by atoms with Crippen LogP contribution in [-0.2, 0) is 43.9 Å². The summed E-state index contributed by atoms with van der Waals surface area (Å²) in [6.45, 7) is 4.22. The number of benzene rings is 6. The molecule has 0 unspecified atom stereocenters. The first-order chi connectivity index (χ1) is 29.6. The number of nitrogens with one attached hydrogen (secondary N) is 2. The van der Waals surface area contributed by atoms with Crippen molar-refractivity contribution in [1.29, 1.82) is 0 Å². The van der Waals surface area contributed by atoms with Crippen LogP contribution in [0.5, 0.6) is 0 Å². The molecule has 12 heteroatoms. The summed E-state index contributed by atoms with van der Waals surface area (Å²) in [7, 11) is -3.97. The van der Waals surface area contributed by atoms with Crippen LogP contribution in [0.3, 0.4) is 0 Å². The van der Waals surface area contributed by atoms with E-state index in [0.717, 1.165) is 59.1 Å². The number of carbonyl (C=O) groups excluding carboxylic acids is 1. The summed E-state index contributed by atoms with van der Waals surface area (Å²) >= 11 is 3.38. The van der Waals surface area contributed by atoms with Gasteiger partial charge in [0, 0.05) is 23.8 Å². The van der Waals surface area contributed by atoms with Crippen LogP contribution in [0, 0.1) is 12.8 Å². The molecule has 9 nitrogen and oxygen atoms in total. The van der Waals surface area contributed by atoms with Crippen LogP contribution in [0.2, 0.25) is 0 Å². The highest BCUT2D eigenvalue weighted by molar-refractivity contribution is 8.01. The maximum atomic E-state index is 13.8. The van der Waals surface area contributed by atoms with Gasteiger partial charge in [0.1, 0.15) is 6.04 Å². The Balaban J connectivity index is 0.992. The Morgan fingerprint density at radius 3 is 2.25 bits per heavy atom. The monoisotopic (exact) mass is 869 g/mol. The number of aliphatic hydroxyl groups excluding tert-OH is 1. The molecule has 0 radical (unpaired) electrons. The van der Waals surface area contributed by atoms with Crippen LogP contribution in [0.15, 0.2) is 161 Å². The molecule has 2 heterocycles. The van der Waals surface area contributed by atoms with Gasteiger partial charge in [-0.05, 0) is 83.1 Å². The molecule has 1 aromatic heterocycles. The first kappa shape index (κ1) is 42.5. The van der Waals surface area contributed by atoms with Gasteiger partial charge < -0.3 is 19.9 Å². The number of aromatic nitrogens is 1. The highest BCUT2D eigenvalue weighted by Crippen LogP contribution is 2.44. The molecule has 0 aliphatic carbocycles. The second-order valence-electron chi connectivity index (χ2n) is 15.3. The summed E-state index contributed by atoms with van der Waals surface area (Å²) in [5.74, 6) is 0.293. The number of nitrogens with zero attached hydrogens (tertiary/aromatic N) is 1. The molecule has 7 aromatic rings. The zero-order valence-electron chi connectivity index (χ0n) is 33.8. The quantitative estimate of drug-likeness (QED) is 0.0871. The van der Waals surface area contributed by atoms with Crippen LogP contribution >= 0.6 is 23.1 Å². The maximum absolute atomic E-state index is 13.8. The van der Waals surface area contributed by atoms with E-state index in [1.807, 2.05) is 122 Å². The Labute approximate surface area is 365 Å². The molecule has 6 aromatic carbocycles. The average Bonchev–Trinajstić information content (AvgIpc) is 3.71. The molecule has 61 heavy (non-hydrogen) atoms. The number of amides is 1. The molecule has 3 N–H and O–H groups in total. The van der Waals surface area contributed by atoms with E-state index in [9.17, 15) is 18.3 Å². The SMILES string of the molecule is Cc1ccc(S(=O)(=O)N[C@H](Cc2ccccc2)C(=O)NCc2cccc(-c3cccc([C@@H]4O[C@H](CSc5nc6ccccc6s5)[C@H](C)[C@H](c5ccc(CO)cc5)O4)c3)c2)cc1. The fourth-order valence-electron chi connectivity index (χ4n) is 7.42. The van der Waals surface area contributed by atoms with Gasteiger partial charge in [-0.25, -0.2) is 13.4 Å². The molecule has 0 saturated carbocycles. The minimum Gasteiger partial charge on any atom is -0.392 e. The average molecular weight is 870 g/mol. The lowest BCUT2D eigenvalue weighted by Crippen LogP contribution is -2.47. The second kappa shape index (κ2) is 19.3. The van der Waals surface area contributed by atoms with Crippen molar-refractivity contribution in [3.05, 3.63) is 185 Å². The van der Waals surface area contributed by atoms with Crippen LogP contribution in [0.1, 0.15) is 52.7 Å². The van der Waals surface area contributed by atoms with Gasteiger partial charge in [-0.2, -0.15) is 4.72 Å². The van der Waals surface area contributed by atoms with Crippen LogP contribution in [-0.4, -0.2) is 42.3 Å². The van der Waals surface area contributed by atoms with Gasteiger partial charge in [-0.3, -0.25) is 4.79 Å². The minimum atomic E-state index is -3.97. The van der Waals surface area contributed by atoms with E-state index >= 15 is 0 Å². The molecule has 0 spiro atoms. The molecule has 1 saturated heterocycles. The third-order valence-corrected chi connectivity index (χ3v) is 14.6. The zero-order valence-corrected chi connectivity index (χ0v) is 36.3. The third-order valence-electron chi connectivity index (χ3n) is 10.9. The first-order valence-electron chi connectivity index (χ1n) is 20.2. The lowest BCUT2D eigenvalue weighted by atomic mass is 9.91. The number of sulfonamides is 1. The molecular formula is C49H47N3O6S3. The maximum Gasteiger partial charge on any atom is 0.241 e. The molecule has 0 bridgehead atoms. The highest BCUT2D eigenvalue weighted by atomic mass is 32.2. The number of fused-ring (bicyclic) bond motifs is 1. The van der Waals surface area contributed by atoms with E-state index in [-0.39, 0.29) is 42.6 Å². The van der Waals surface area contributed by atoms with Crippen LogP contribution in [0.25, 0.3) is 21.3 Å². The summed E-state index contributed by atoms with van der Waals surface area (Å²) in [6, 6.07) is 47.0. The van der Waals surface area contributed by atoms with Crippen LogP contribution in [0.4, 0.5) is 0 Å². The molecule has 1 amide bonds. The Bertz CT molecular complexity index is 2660. The van der Waals surface area contributed by atoms with Crippen molar-refractivity contribution in [2.75, 3.05) is 5.75 Å². The summed E-state index contributed by atoms with van der Waals surface area (Å²) < 4.78 is 45.2. The summed E-state index contributed by atoms with van der Waals surface area (Å²) in [5.41, 5.74) is 8.25. The molecule has 5 atom stereocenters. The van der Waals surface area contributed by atoms with Crippen LogP contribution < -0.4 is 10.0 Å². The van der Waals surface area contributed by atoms with Crippen molar-refractivity contribution in [1.82, 2.24) is 15.0 Å². The Kier molecular flexibility index (Phi) is 13.4. The normalized spacial score (nSPS) is 18.5. The molecule has 8 rings (SSSR count). The van der Waals surface area contributed by atoms with E-state index in [4.69, 9.17) is 14.5 Å². The van der Waals surface area contributed by atoms with Crippen molar-refractivity contribution in [3.63, 3.8) is 0 Å². The van der Waals surface area contributed by atoms with Crippen molar-refractivity contribution in [2.45, 2.75) is 67.2 Å². The predicted molar refractivity (Wildman–Crippen MR) is 242 cm³/mol. The zero-order chi connectivity index (χ0) is 42.3. The molecular weight excluding hydrogens is 823 g/mol. The highest BCUT2D eigenvalue weighted by Gasteiger charge is 2.38. The molecule has 1 aliphatic heterocycles. The lowest BCUT2D eigenvalue weighted by Gasteiger charge is -2.41. The van der Waals surface area contributed by atoms with Gasteiger partial charge in [-0.1, -0.05) is 140 Å². The smallest absolute Gasteiger partial charge is 0.241 e. The summed E-state index contributed by atoms with van der Waals surface area (Å²) in [4.78, 5) is 18.7. The minimum absolute atomic E-state index is 0.0263. The molecule has 1 aliphatic rings. The van der Waals surface area contributed by atoms with Crippen molar-refractivity contribution in [2.24, 2.45) is 5.92 Å². The first-order valence-corrected chi connectivity index (χ1v) is 23.5. The number of thioether (sulfide) groups is 1. The molecule has 1 fully saturated rings. The van der Waals surface area contributed by atoms with Gasteiger partial charge in [-0.15, -0.1) is 11.3 Å².